The van der Waals surface area contributed by atoms with Gasteiger partial charge in [0.05, 0.1) is 5.41 Å². The van der Waals surface area contributed by atoms with E-state index in [1.807, 2.05) is 9.80 Å². The molecule has 7 heteroatoms. The highest BCUT2D eigenvalue weighted by molar-refractivity contribution is 6.30. The lowest BCUT2D eigenvalue weighted by Crippen LogP contribution is -2.49. The number of carbonyl (C=O) groups is 3. The maximum atomic E-state index is 12.9. The van der Waals surface area contributed by atoms with Gasteiger partial charge >= 0.3 is 0 Å². The number of rotatable bonds is 2. The van der Waals surface area contributed by atoms with Crippen LogP contribution in [0.4, 0.5) is 0 Å². The Morgan fingerprint density at radius 3 is 2.45 bits per heavy atom. The van der Waals surface area contributed by atoms with E-state index in [1.54, 1.807) is 38.2 Å². The third-order valence-electron chi connectivity index (χ3n) is 7.59. The average Bonchev–Trinajstić information content (AvgIpc) is 3.25. The minimum atomic E-state index is -0.487. The second-order valence-electron chi connectivity index (χ2n) is 8.85. The lowest BCUT2D eigenvalue weighted by molar-refractivity contribution is -0.133. The smallest absolute Gasteiger partial charge is 0.253 e. The lowest BCUT2D eigenvalue weighted by atomic mass is 9.65. The molecule has 2 atom stereocenters. The van der Waals surface area contributed by atoms with Crippen molar-refractivity contribution in [3.8, 4) is 0 Å². The molecule has 1 saturated carbocycles. The van der Waals surface area contributed by atoms with Gasteiger partial charge in [-0.05, 0) is 55.2 Å². The summed E-state index contributed by atoms with van der Waals surface area (Å²) in [5, 5.41) is 3.41. The van der Waals surface area contributed by atoms with Crippen molar-refractivity contribution >= 4 is 29.3 Å². The summed E-state index contributed by atoms with van der Waals surface area (Å²) in [4.78, 5) is 41.6. The molecular formula is C22H28ClN3O3. The normalized spacial score (nSPS) is 27.8. The van der Waals surface area contributed by atoms with Crippen LogP contribution in [0, 0.1) is 16.7 Å². The maximum Gasteiger partial charge on any atom is 0.253 e. The molecule has 2 heterocycles. The molecule has 4 rings (SSSR count). The van der Waals surface area contributed by atoms with Crippen LogP contribution in [0.3, 0.4) is 0 Å². The first-order chi connectivity index (χ1) is 13.8. The van der Waals surface area contributed by atoms with Crippen LogP contribution in [0.25, 0.3) is 0 Å². The summed E-state index contributed by atoms with van der Waals surface area (Å²) in [6, 6.07) is 7.07. The minimum absolute atomic E-state index is 0.00898. The zero-order chi connectivity index (χ0) is 20.8. The lowest BCUT2D eigenvalue weighted by Gasteiger charge is -2.44. The van der Waals surface area contributed by atoms with Crippen molar-refractivity contribution in [2.75, 3.05) is 33.2 Å². The van der Waals surface area contributed by atoms with Crippen LogP contribution in [0.15, 0.2) is 24.3 Å². The first-order valence-electron chi connectivity index (χ1n) is 10.3. The van der Waals surface area contributed by atoms with Crippen LogP contribution in [0.5, 0.6) is 0 Å². The molecule has 2 saturated heterocycles. The van der Waals surface area contributed by atoms with E-state index in [0.717, 1.165) is 25.7 Å². The Labute approximate surface area is 176 Å². The van der Waals surface area contributed by atoms with Gasteiger partial charge in [0.15, 0.2) is 0 Å². The monoisotopic (exact) mass is 417 g/mol. The highest BCUT2D eigenvalue weighted by Gasteiger charge is 2.64. The summed E-state index contributed by atoms with van der Waals surface area (Å²) in [6.45, 7) is 4.08. The van der Waals surface area contributed by atoms with Crippen LogP contribution < -0.4 is 5.32 Å². The van der Waals surface area contributed by atoms with Gasteiger partial charge < -0.3 is 15.1 Å². The van der Waals surface area contributed by atoms with Crippen LogP contribution >= 0.6 is 11.6 Å². The van der Waals surface area contributed by atoms with E-state index in [2.05, 4.69) is 5.32 Å². The van der Waals surface area contributed by atoms with Crippen molar-refractivity contribution < 1.29 is 14.4 Å². The number of carbonyl (C=O) groups excluding carboxylic acids is 3. The molecule has 3 amide bonds. The molecule has 0 aromatic heterocycles. The van der Waals surface area contributed by atoms with Crippen molar-refractivity contribution in [3.63, 3.8) is 0 Å². The summed E-state index contributed by atoms with van der Waals surface area (Å²) in [5.41, 5.74) is 0.143. The van der Waals surface area contributed by atoms with Gasteiger partial charge in [-0.25, -0.2) is 0 Å². The van der Waals surface area contributed by atoms with E-state index in [4.69, 9.17) is 11.6 Å². The highest BCUT2D eigenvalue weighted by Crippen LogP contribution is 2.62. The summed E-state index contributed by atoms with van der Waals surface area (Å²) in [6.07, 6.45) is 3.53. The van der Waals surface area contributed by atoms with Gasteiger partial charge in [0.2, 0.25) is 11.8 Å². The Kier molecular flexibility index (Phi) is 5.09. The van der Waals surface area contributed by atoms with Crippen molar-refractivity contribution in [3.05, 3.63) is 34.9 Å². The van der Waals surface area contributed by atoms with Crippen molar-refractivity contribution in [2.45, 2.75) is 32.6 Å². The summed E-state index contributed by atoms with van der Waals surface area (Å²) < 4.78 is 0. The molecule has 0 unspecified atom stereocenters. The molecule has 1 aromatic rings. The van der Waals surface area contributed by atoms with Gasteiger partial charge in [-0.1, -0.05) is 17.7 Å². The Hall–Kier alpha value is -2.08. The molecule has 3 aliphatic rings. The number of hydrogen-bond acceptors (Lipinski definition) is 3. The predicted octanol–water partition coefficient (Wildman–Crippen LogP) is 2.57. The molecule has 1 N–H and O–H groups in total. The molecule has 0 radical (unpaired) electrons. The number of benzene rings is 1. The number of nitrogens with one attached hydrogen (secondary N) is 1. The average molecular weight is 418 g/mol. The Morgan fingerprint density at radius 2 is 1.83 bits per heavy atom. The molecule has 1 aromatic carbocycles. The highest BCUT2D eigenvalue weighted by atomic mass is 35.5. The SMILES string of the molecule is CNC(=O)[C@@]12CCC3(CCN(C(=O)c4cccc(Cl)c4)CC3)[C@@H]1CN(C(C)=O)C2. The molecule has 156 valence electrons. The molecule has 6 nitrogen and oxygen atoms in total. The molecule has 1 spiro atoms. The molecule has 29 heavy (non-hydrogen) atoms. The van der Waals surface area contributed by atoms with Crippen LogP contribution in [-0.4, -0.2) is 60.7 Å². The fourth-order valence-electron chi connectivity index (χ4n) is 5.98. The van der Waals surface area contributed by atoms with Crippen molar-refractivity contribution in [1.29, 1.82) is 0 Å². The fourth-order valence-corrected chi connectivity index (χ4v) is 6.17. The van der Waals surface area contributed by atoms with E-state index in [9.17, 15) is 14.4 Å². The van der Waals surface area contributed by atoms with Crippen molar-refractivity contribution in [2.24, 2.45) is 16.7 Å². The maximum absolute atomic E-state index is 12.9. The Morgan fingerprint density at radius 1 is 1.10 bits per heavy atom. The van der Waals surface area contributed by atoms with E-state index in [1.165, 1.54) is 0 Å². The molecular weight excluding hydrogens is 390 g/mol. The summed E-state index contributed by atoms with van der Waals surface area (Å²) in [5.74, 6) is 0.254. The van der Waals surface area contributed by atoms with E-state index < -0.39 is 5.41 Å². The standard InChI is InChI=1S/C22H28ClN3O3/c1-15(27)26-13-18-21(6-7-22(18,14-26)20(29)24-2)8-10-25(11-9-21)19(28)16-4-3-5-17(23)12-16/h3-5,12,18H,6-11,13-14H2,1-2H3,(H,24,29)/t18-,22+/m0/s1. The number of fused-ring (bicyclic) bond motifs is 2. The van der Waals surface area contributed by atoms with E-state index in [-0.39, 0.29) is 29.1 Å². The number of nitrogens with zero attached hydrogens (tertiary/aromatic N) is 2. The third-order valence-corrected chi connectivity index (χ3v) is 7.83. The fraction of sp³-hybridized carbons (Fsp3) is 0.591. The second kappa shape index (κ2) is 7.31. The predicted molar refractivity (Wildman–Crippen MR) is 111 cm³/mol. The zero-order valence-corrected chi connectivity index (χ0v) is 17.8. The third kappa shape index (κ3) is 3.21. The largest absolute Gasteiger partial charge is 0.359 e. The van der Waals surface area contributed by atoms with Gasteiger partial charge in [0.1, 0.15) is 0 Å². The van der Waals surface area contributed by atoms with Crippen molar-refractivity contribution in [1.82, 2.24) is 15.1 Å². The summed E-state index contributed by atoms with van der Waals surface area (Å²) >= 11 is 6.04. The number of likely N-dealkylation sites (tertiary alicyclic amines) is 2. The minimum Gasteiger partial charge on any atom is -0.359 e. The first kappa shape index (κ1) is 20.2. The van der Waals surface area contributed by atoms with Crippen LogP contribution in [0.2, 0.25) is 5.02 Å². The topological polar surface area (TPSA) is 69.7 Å². The van der Waals surface area contributed by atoms with Gasteiger partial charge in [-0.2, -0.15) is 0 Å². The molecule has 3 fully saturated rings. The van der Waals surface area contributed by atoms with Gasteiger partial charge in [-0.15, -0.1) is 0 Å². The first-order valence-corrected chi connectivity index (χ1v) is 10.7. The Balaban J connectivity index is 1.52. The number of hydrogen-bond donors (Lipinski definition) is 1. The van der Waals surface area contributed by atoms with Crippen LogP contribution in [-0.2, 0) is 9.59 Å². The van der Waals surface area contributed by atoms with Crippen LogP contribution in [0.1, 0.15) is 43.0 Å². The molecule has 0 bridgehead atoms. The van der Waals surface area contributed by atoms with E-state index >= 15 is 0 Å². The van der Waals surface area contributed by atoms with Gasteiger partial charge in [0.25, 0.3) is 5.91 Å². The molecule has 1 aliphatic carbocycles. The number of amides is 3. The number of halogens is 1. The quantitative estimate of drug-likeness (QED) is 0.804. The van der Waals surface area contributed by atoms with E-state index in [0.29, 0.717) is 36.8 Å². The second-order valence-corrected chi connectivity index (χ2v) is 9.29. The van der Waals surface area contributed by atoms with Gasteiger partial charge in [-0.3, -0.25) is 14.4 Å². The zero-order valence-electron chi connectivity index (χ0n) is 17.0. The molecule has 2 aliphatic heterocycles. The number of piperidine rings is 1. The Bertz CT molecular complexity index is 849. The summed E-state index contributed by atoms with van der Waals surface area (Å²) in [7, 11) is 1.68. The van der Waals surface area contributed by atoms with Gasteiger partial charge in [0, 0.05) is 50.7 Å².